The van der Waals surface area contributed by atoms with Crippen LogP contribution < -0.4 is 10.1 Å². The molecule has 4 rings (SSSR count). The van der Waals surface area contributed by atoms with Crippen LogP contribution in [0.2, 0.25) is 0 Å². The summed E-state index contributed by atoms with van der Waals surface area (Å²) in [6, 6.07) is 3.08. The first-order valence-corrected chi connectivity index (χ1v) is 7.58. The van der Waals surface area contributed by atoms with Crippen molar-refractivity contribution in [2.24, 2.45) is 5.92 Å². The number of carboxylic acids is 1. The Balaban J connectivity index is 1.64. The Morgan fingerprint density at radius 3 is 2.71 bits per heavy atom. The van der Waals surface area contributed by atoms with Crippen molar-refractivity contribution in [3.63, 3.8) is 0 Å². The highest BCUT2D eigenvalue weighted by Gasteiger charge is 2.41. The predicted molar refractivity (Wildman–Crippen MR) is 74.3 cm³/mol. The standard InChI is InChI=1S/C16H18FNO3/c17-12-6-14(21-15-4-8-3-13(15)18-7-8)10(9-1-2-9)5-11(12)16(19)20/h5-6,8-9,13,15,18H,1-4,7H2,(H,19,20)/t8-,13+,15+/m0/s1. The predicted octanol–water partition coefficient (Wildman–Crippen LogP) is 2.53. The number of carbonyl (C=O) groups is 1. The van der Waals surface area contributed by atoms with Crippen molar-refractivity contribution in [2.75, 3.05) is 6.54 Å². The Hall–Kier alpha value is -1.62. The largest absolute Gasteiger partial charge is 0.488 e. The summed E-state index contributed by atoms with van der Waals surface area (Å²) < 4.78 is 20.0. The molecule has 21 heavy (non-hydrogen) atoms. The van der Waals surface area contributed by atoms with E-state index in [9.17, 15) is 9.18 Å². The maximum absolute atomic E-state index is 14.0. The van der Waals surface area contributed by atoms with Crippen LogP contribution in [-0.4, -0.2) is 29.8 Å². The van der Waals surface area contributed by atoms with Gasteiger partial charge in [0.25, 0.3) is 0 Å². The van der Waals surface area contributed by atoms with Crippen LogP contribution in [0.25, 0.3) is 0 Å². The molecule has 2 bridgehead atoms. The van der Waals surface area contributed by atoms with E-state index in [1.165, 1.54) is 12.1 Å². The van der Waals surface area contributed by atoms with Gasteiger partial charge in [0.2, 0.25) is 0 Å². The van der Waals surface area contributed by atoms with Crippen molar-refractivity contribution < 1.29 is 19.0 Å². The molecule has 0 radical (unpaired) electrons. The van der Waals surface area contributed by atoms with E-state index in [0.29, 0.717) is 23.6 Å². The van der Waals surface area contributed by atoms with Crippen molar-refractivity contribution in [3.8, 4) is 5.75 Å². The molecule has 0 aromatic heterocycles. The Morgan fingerprint density at radius 1 is 1.33 bits per heavy atom. The SMILES string of the molecule is O=C(O)c1cc(C2CC2)c(O[C@@H]2C[C@H]3CN[C@@H]2C3)cc1F. The van der Waals surface area contributed by atoms with E-state index >= 15 is 0 Å². The fraction of sp³-hybridized carbons (Fsp3) is 0.562. The lowest BCUT2D eigenvalue weighted by Crippen LogP contribution is -2.40. The second kappa shape index (κ2) is 4.70. The molecule has 0 unspecified atom stereocenters. The maximum atomic E-state index is 14.0. The van der Waals surface area contributed by atoms with Gasteiger partial charge < -0.3 is 15.2 Å². The first-order valence-electron chi connectivity index (χ1n) is 7.58. The van der Waals surface area contributed by atoms with E-state index in [2.05, 4.69) is 5.32 Å². The molecule has 3 fully saturated rings. The molecule has 2 saturated carbocycles. The summed E-state index contributed by atoms with van der Waals surface area (Å²) in [5.74, 6) is -0.405. The number of hydrogen-bond acceptors (Lipinski definition) is 3. The average molecular weight is 291 g/mol. The quantitative estimate of drug-likeness (QED) is 0.895. The summed E-state index contributed by atoms with van der Waals surface area (Å²) in [5.41, 5.74) is 0.604. The summed E-state index contributed by atoms with van der Waals surface area (Å²) in [5, 5.41) is 12.5. The van der Waals surface area contributed by atoms with Crippen LogP contribution in [0.4, 0.5) is 4.39 Å². The lowest BCUT2D eigenvalue weighted by Gasteiger charge is -2.25. The van der Waals surface area contributed by atoms with Crippen molar-refractivity contribution in [2.45, 2.75) is 43.7 Å². The highest BCUT2D eigenvalue weighted by Crippen LogP contribution is 2.46. The molecule has 0 spiro atoms. The van der Waals surface area contributed by atoms with Gasteiger partial charge in [-0.3, -0.25) is 0 Å². The van der Waals surface area contributed by atoms with Crippen LogP contribution in [0.15, 0.2) is 12.1 Å². The van der Waals surface area contributed by atoms with Gasteiger partial charge in [0, 0.05) is 12.1 Å². The molecule has 1 aromatic rings. The number of hydrogen-bond donors (Lipinski definition) is 2. The normalized spacial score (nSPS) is 30.6. The van der Waals surface area contributed by atoms with Gasteiger partial charge in [-0.2, -0.15) is 0 Å². The Bertz CT molecular complexity index is 599. The minimum absolute atomic E-state index is 0.0799. The van der Waals surface area contributed by atoms with E-state index < -0.39 is 11.8 Å². The summed E-state index contributed by atoms with van der Waals surface area (Å²) in [7, 11) is 0. The van der Waals surface area contributed by atoms with Crippen LogP contribution in [0, 0.1) is 11.7 Å². The van der Waals surface area contributed by atoms with E-state index in [4.69, 9.17) is 9.84 Å². The van der Waals surface area contributed by atoms with Gasteiger partial charge in [-0.25, -0.2) is 9.18 Å². The molecule has 1 aromatic carbocycles. The Labute approximate surface area is 122 Å². The zero-order chi connectivity index (χ0) is 14.6. The van der Waals surface area contributed by atoms with Gasteiger partial charge in [0.05, 0.1) is 5.56 Å². The van der Waals surface area contributed by atoms with Crippen molar-refractivity contribution in [3.05, 3.63) is 29.1 Å². The average Bonchev–Trinajstić information content (AvgIpc) is 3.07. The van der Waals surface area contributed by atoms with Crippen molar-refractivity contribution >= 4 is 5.97 Å². The number of aromatic carboxylic acids is 1. The number of carboxylic acid groups (broad SMARTS) is 1. The van der Waals surface area contributed by atoms with E-state index in [1.807, 2.05) is 0 Å². The molecular formula is C16H18FNO3. The van der Waals surface area contributed by atoms with Gasteiger partial charge >= 0.3 is 5.97 Å². The van der Waals surface area contributed by atoms with Crippen LogP contribution in [0.3, 0.4) is 0 Å². The number of rotatable bonds is 4. The minimum atomic E-state index is -1.22. The third kappa shape index (κ3) is 2.29. The number of fused-ring (bicyclic) bond motifs is 2. The first-order chi connectivity index (χ1) is 10.1. The second-order valence-electron chi connectivity index (χ2n) is 6.46. The molecule has 1 saturated heterocycles. The lowest BCUT2D eigenvalue weighted by atomic mass is 10.0. The zero-order valence-electron chi connectivity index (χ0n) is 11.6. The molecule has 112 valence electrons. The number of benzene rings is 1. The summed E-state index contributed by atoms with van der Waals surface area (Å²) in [6.45, 7) is 1.05. The molecule has 2 N–H and O–H groups in total. The lowest BCUT2D eigenvalue weighted by molar-refractivity contribution is 0.0691. The van der Waals surface area contributed by atoms with E-state index in [1.54, 1.807) is 0 Å². The maximum Gasteiger partial charge on any atom is 0.338 e. The van der Waals surface area contributed by atoms with Crippen LogP contribution in [0.5, 0.6) is 5.75 Å². The molecule has 2 aliphatic carbocycles. The highest BCUT2D eigenvalue weighted by molar-refractivity contribution is 5.88. The molecule has 4 nitrogen and oxygen atoms in total. The molecule has 5 heteroatoms. The molecule has 1 heterocycles. The van der Waals surface area contributed by atoms with Crippen LogP contribution in [0.1, 0.15) is 47.5 Å². The number of piperidine rings is 1. The highest BCUT2D eigenvalue weighted by atomic mass is 19.1. The number of halogens is 1. The Morgan fingerprint density at radius 2 is 2.14 bits per heavy atom. The molecule has 3 atom stereocenters. The number of nitrogens with one attached hydrogen (secondary N) is 1. The van der Waals surface area contributed by atoms with Crippen molar-refractivity contribution in [1.82, 2.24) is 5.32 Å². The monoisotopic (exact) mass is 291 g/mol. The van der Waals surface area contributed by atoms with Crippen LogP contribution in [-0.2, 0) is 0 Å². The van der Waals surface area contributed by atoms with Gasteiger partial charge in [-0.1, -0.05) is 0 Å². The summed E-state index contributed by atoms with van der Waals surface area (Å²) in [6.07, 6.45) is 4.26. The molecule has 1 aliphatic heterocycles. The third-order valence-corrected chi connectivity index (χ3v) is 4.90. The fourth-order valence-corrected chi connectivity index (χ4v) is 3.64. The Kier molecular flexibility index (Phi) is 2.92. The summed E-state index contributed by atoms with van der Waals surface area (Å²) >= 11 is 0. The second-order valence-corrected chi connectivity index (χ2v) is 6.46. The van der Waals surface area contributed by atoms with E-state index in [0.717, 1.165) is 37.8 Å². The molecule has 0 amide bonds. The fourth-order valence-electron chi connectivity index (χ4n) is 3.64. The zero-order valence-corrected chi connectivity index (χ0v) is 11.6. The smallest absolute Gasteiger partial charge is 0.338 e. The molecular weight excluding hydrogens is 273 g/mol. The van der Waals surface area contributed by atoms with Crippen LogP contribution >= 0.6 is 0 Å². The van der Waals surface area contributed by atoms with Gasteiger partial charge in [0.15, 0.2) is 0 Å². The van der Waals surface area contributed by atoms with Gasteiger partial charge in [0.1, 0.15) is 17.7 Å². The third-order valence-electron chi connectivity index (χ3n) is 4.90. The van der Waals surface area contributed by atoms with E-state index in [-0.39, 0.29) is 11.7 Å². The summed E-state index contributed by atoms with van der Waals surface area (Å²) in [4.78, 5) is 11.1. The minimum Gasteiger partial charge on any atom is -0.488 e. The molecule has 3 aliphatic rings. The van der Waals surface area contributed by atoms with Crippen molar-refractivity contribution in [1.29, 1.82) is 0 Å². The van der Waals surface area contributed by atoms with Gasteiger partial charge in [-0.05, 0) is 55.7 Å². The number of ether oxygens (including phenoxy) is 1. The first kappa shape index (κ1) is 13.1. The van der Waals surface area contributed by atoms with Gasteiger partial charge in [-0.15, -0.1) is 0 Å². The topological polar surface area (TPSA) is 58.6 Å².